The van der Waals surface area contributed by atoms with Crippen LogP contribution in [0.3, 0.4) is 0 Å². The van der Waals surface area contributed by atoms with Gasteiger partial charge in [0, 0.05) is 25.7 Å². The fourth-order valence-electron chi connectivity index (χ4n) is 2.70. The second-order valence-corrected chi connectivity index (χ2v) is 8.73. The third-order valence-electron chi connectivity index (χ3n) is 4.64. The van der Waals surface area contributed by atoms with Crippen LogP contribution in [0.15, 0.2) is 33.9 Å². The van der Waals surface area contributed by atoms with E-state index in [-0.39, 0.29) is 29.5 Å². The highest BCUT2D eigenvalue weighted by molar-refractivity contribution is 7.99. The van der Waals surface area contributed by atoms with Crippen LogP contribution < -0.4 is 0 Å². The first-order valence-electron chi connectivity index (χ1n) is 9.74. The van der Waals surface area contributed by atoms with E-state index in [9.17, 15) is 9.59 Å². The molecular formula is C21H30N4O3S. The monoisotopic (exact) mass is 418 g/mol. The summed E-state index contributed by atoms with van der Waals surface area (Å²) in [6.45, 7) is 11.6. The zero-order valence-electron chi connectivity index (χ0n) is 18.1. The number of amides is 2. The SMILES string of the molecule is CCN(CC)C(=O)CN(C)C(=O)CSc1nnc(-c2ccc(C(C)(C)C)cc2)o1. The van der Waals surface area contributed by atoms with Crippen molar-refractivity contribution < 1.29 is 14.0 Å². The first-order valence-corrected chi connectivity index (χ1v) is 10.7. The second-order valence-electron chi connectivity index (χ2n) is 7.80. The standard InChI is InChI=1S/C21H30N4O3S/c1-7-25(8-2)17(26)13-24(6)18(27)14-29-20-23-22-19(28-20)15-9-11-16(12-10-15)21(3,4)5/h9-12H,7-8,13-14H2,1-6H3. The Hall–Kier alpha value is -2.35. The van der Waals surface area contributed by atoms with Gasteiger partial charge in [-0.2, -0.15) is 0 Å². The lowest BCUT2D eigenvalue weighted by Gasteiger charge is -2.22. The van der Waals surface area contributed by atoms with Crippen LogP contribution in [0.1, 0.15) is 40.2 Å². The molecule has 0 fully saturated rings. The molecule has 0 radical (unpaired) electrons. The highest BCUT2D eigenvalue weighted by Crippen LogP contribution is 2.27. The minimum atomic E-state index is -0.162. The smallest absolute Gasteiger partial charge is 0.277 e. The van der Waals surface area contributed by atoms with Crippen molar-refractivity contribution in [2.24, 2.45) is 0 Å². The number of hydrogen-bond donors (Lipinski definition) is 0. The van der Waals surface area contributed by atoms with Crippen molar-refractivity contribution in [1.82, 2.24) is 20.0 Å². The van der Waals surface area contributed by atoms with E-state index < -0.39 is 0 Å². The minimum Gasteiger partial charge on any atom is -0.411 e. The Labute approximate surface area is 176 Å². The Kier molecular flexibility index (Phi) is 7.84. The molecule has 0 saturated heterocycles. The average molecular weight is 419 g/mol. The van der Waals surface area contributed by atoms with E-state index in [0.717, 1.165) is 5.56 Å². The quantitative estimate of drug-likeness (QED) is 0.611. The van der Waals surface area contributed by atoms with Gasteiger partial charge in [0.1, 0.15) is 0 Å². The summed E-state index contributed by atoms with van der Waals surface area (Å²) < 4.78 is 5.67. The molecule has 0 spiro atoms. The first kappa shape index (κ1) is 22.9. The summed E-state index contributed by atoms with van der Waals surface area (Å²) in [6, 6.07) is 8.02. The van der Waals surface area contributed by atoms with Crippen LogP contribution in [0.25, 0.3) is 11.5 Å². The maximum absolute atomic E-state index is 12.3. The molecule has 0 bridgehead atoms. The van der Waals surface area contributed by atoms with Gasteiger partial charge in [-0.05, 0) is 37.0 Å². The van der Waals surface area contributed by atoms with Crippen LogP contribution in [0.2, 0.25) is 0 Å². The Bertz CT molecular complexity index is 823. The second kappa shape index (κ2) is 9.91. The molecule has 2 amide bonds. The predicted octanol–water partition coefficient (Wildman–Crippen LogP) is 3.45. The van der Waals surface area contributed by atoms with Crippen LogP contribution in [0, 0.1) is 0 Å². The van der Waals surface area contributed by atoms with Crippen molar-refractivity contribution in [2.75, 3.05) is 32.4 Å². The fourth-order valence-corrected chi connectivity index (χ4v) is 3.40. The third-order valence-corrected chi connectivity index (χ3v) is 5.44. The van der Waals surface area contributed by atoms with Gasteiger partial charge in [-0.1, -0.05) is 44.7 Å². The van der Waals surface area contributed by atoms with E-state index in [2.05, 4.69) is 43.1 Å². The van der Waals surface area contributed by atoms with Crippen LogP contribution in [0.4, 0.5) is 0 Å². The molecule has 1 aromatic carbocycles. The summed E-state index contributed by atoms with van der Waals surface area (Å²) >= 11 is 1.17. The van der Waals surface area contributed by atoms with Gasteiger partial charge in [-0.15, -0.1) is 10.2 Å². The number of carbonyl (C=O) groups is 2. The zero-order chi connectivity index (χ0) is 21.6. The van der Waals surface area contributed by atoms with E-state index >= 15 is 0 Å². The molecule has 2 rings (SSSR count). The highest BCUT2D eigenvalue weighted by Gasteiger charge is 2.18. The molecule has 0 atom stereocenters. The molecule has 0 N–H and O–H groups in total. The largest absolute Gasteiger partial charge is 0.411 e. The molecule has 0 unspecified atom stereocenters. The van der Waals surface area contributed by atoms with Gasteiger partial charge in [-0.25, -0.2) is 0 Å². The van der Waals surface area contributed by atoms with Crippen LogP contribution >= 0.6 is 11.8 Å². The number of likely N-dealkylation sites (N-methyl/N-ethyl adjacent to an activating group) is 2. The number of thioether (sulfide) groups is 1. The number of rotatable bonds is 8. The van der Waals surface area contributed by atoms with Crippen LogP contribution in [-0.4, -0.2) is 64.2 Å². The van der Waals surface area contributed by atoms with Gasteiger partial charge in [0.2, 0.25) is 17.7 Å². The summed E-state index contributed by atoms with van der Waals surface area (Å²) in [7, 11) is 1.63. The summed E-state index contributed by atoms with van der Waals surface area (Å²) in [5, 5.41) is 8.41. The maximum atomic E-state index is 12.3. The summed E-state index contributed by atoms with van der Waals surface area (Å²) in [5.41, 5.74) is 2.14. The van der Waals surface area contributed by atoms with E-state index in [4.69, 9.17) is 4.42 Å². The number of nitrogens with zero attached hydrogens (tertiary/aromatic N) is 4. The van der Waals surface area contributed by atoms with Crippen molar-refractivity contribution in [3.8, 4) is 11.5 Å². The van der Waals surface area contributed by atoms with Crippen molar-refractivity contribution in [2.45, 2.75) is 45.3 Å². The van der Waals surface area contributed by atoms with Crippen molar-refractivity contribution >= 4 is 23.6 Å². The van der Waals surface area contributed by atoms with E-state index in [1.165, 1.54) is 22.2 Å². The Morgan fingerprint density at radius 3 is 2.21 bits per heavy atom. The molecule has 8 heteroatoms. The molecule has 2 aromatic rings. The van der Waals surface area contributed by atoms with Crippen molar-refractivity contribution in [1.29, 1.82) is 0 Å². The zero-order valence-corrected chi connectivity index (χ0v) is 18.9. The topological polar surface area (TPSA) is 79.5 Å². The van der Waals surface area contributed by atoms with E-state index in [0.29, 0.717) is 24.2 Å². The molecule has 0 saturated carbocycles. The minimum absolute atomic E-state index is 0.0605. The number of aromatic nitrogens is 2. The molecule has 1 heterocycles. The first-order chi connectivity index (χ1) is 13.7. The maximum Gasteiger partial charge on any atom is 0.277 e. The normalized spacial score (nSPS) is 11.4. The molecule has 1 aromatic heterocycles. The predicted molar refractivity (Wildman–Crippen MR) is 115 cm³/mol. The molecule has 7 nitrogen and oxygen atoms in total. The number of carbonyl (C=O) groups excluding carboxylic acids is 2. The summed E-state index contributed by atoms with van der Waals surface area (Å²) in [4.78, 5) is 27.6. The number of hydrogen-bond acceptors (Lipinski definition) is 6. The van der Waals surface area contributed by atoms with Crippen molar-refractivity contribution in [3.05, 3.63) is 29.8 Å². The van der Waals surface area contributed by atoms with E-state index in [1.807, 2.05) is 26.0 Å². The van der Waals surface area contributed by atoms with Gasteiger partial charge < -0.3 is 14.2 Å². The van der Waals surface area contributed by atoms with E-state index in [1.54, 1.807) is 11.9 Å². The fraction of sp³-hybridized carbons (Fsp3) is 0.524. The van der Waals surface area contributed by atoms with Gasteiger partial charge >= 0.3 is 0 Å². The van der Waals surface area contributed by atoms with Crippen molar-refractivity contribution in [3.63, 3.8) is 0 Å². The third kappa shape index (κ3) is 6.32. The van der Waals surface area contributed by atoms with Crippen LogP contribution in [0.5, 0.6) is 0 Å². The lowest BCUT2D eigenvalue weighted by Crippen LogP contribution is -2.41. The highest BCUT2D eigenvalue weighted by atomic mass is 32.2. The summed E-state index contributed by atoms with van der Waals surface area (Å²) in [5.74, 6) is 0.331. The molecule has 0 aliphatic heterocycles. The molecule has 158 valence electrons. The Balaban J connectivity index is 1.91. The lowest BCUT2D eigenvalue weighted by molar-refractivity contribution is -0.137. The van der Waals surface area contributed by atoms with Gasteiger partial charge in [0.05, 0.1) is 12.3 Å². The Morgan fingerprint density at radius 2 is 1.66 bits per heavy atom. The average Bonchev–Trinajstić information content (AvgIpc) is 3.15. The van der Waals surface area contributed by atoms with Gasteiger partial charge in [0.25, 0.3) is 5.22 Å². The van der Waals surface area contributed by atoms with Crippen LogP contribution in [-0.2, 0) is 15.0 Å². The van der Waals surface area contributed by atoms with Gasteiger partial charge in [0.15, 0.2) is 0 Å². The molecule has 0 aliphatic carbocycles. The lowest BCUT2D eigenvalue weighted by atomic mass is 9.87. The Morgan fingerprint density at radius 1 is 1.03 bits per heavy atom. The summed E-state index contributed by atoms with van der Waals surface area (Å²) in [6.07, 6.45) is 0. The molecule has 0 aliphatic rings. The van der Waals surface area contributed by atoms with Gasteiger partial charge in [-0.3, -0.25) is 9.59 Å². The molecule has 29 heavy (non-hydrogen) atoms. The number of benzene rings is 1. The molecular weight excluding hydrogens is 388 g/mol.